The fourth-order valence-corrected chi connectivity index (χ4v) is 2.11. The van der Waals surface area contributed by atoms with Gasteiger partial charge in [-0.25, -0.2) is 9.59 Å². The van der Waals surface area contributed by atoms with Crippen molar-refractivity contribution in [3.8, 4) is 11.8 Å². The molecule has 0 atom stereocenters. The summed E-state index contributed by atoms with van der Waals surface area (Å²) in [4.78, 5) is 35.4. The minimum Gasteiger partial charge on any atom is -0.482 e. The van der Waals surface area contributed by atoms with Gasteiger partial charge in [0.25, 0.3) is 5.91 Å². The maximum absolute atomic E-state index is 12.0. The molecule has 2 aromatic rings. The largest absolute Gasteiger partial charge is 0.482 e. The lowest BCUT2D eigenvalue weighted by atomic mass is 10.1. The van der Waals surface area contributed by atoms with Crippen LogP contribution in [-0.4, -0.2) is 30.6 Å². The Hall–Kier alpha value is -3.86. The van der Waals surface area contributed by atoms with E-state index in [-0.39, 0.29) is 18.3 Å². The van der Waals surface area contributed by atoms with Crippen LogP contribution in [-0.2, 0) is 9.53 Å². The lowest BCUT2D eigenvalue weighted by molar-refractivity contribution is -0.149. The van der Waals surface area contributed by atoms with Crippen molar-refractivity contribution in [1.29, 1.82) is 5.26 Å². The van der Waals surface area contributed by atoms with Crippen molar-refractivity contribution in [2.24, 2.45) is 0 Å². The number of hydrogen-bond donors (Lipinski definition) is 2. The maximum Gasteiger partial charge on any atom is 0.344 e. The molecule has 2 rings (SSSR count). The molecule has 0 unspecified atom stereocenters. The Kier molecular flexibility index (Phi) is 7.11. The number of benzene rings is 2. The van der Waals surface area contributed by atoms with Gasteiger partial charge in [0.05, 0.1) is 17.7 Å². The maximum atomic E-state index is 12.0. The summed E-state index contributed by atoms with van der Waals surface area (Å²) in [5.41, 5.74) is 1.11. The molecular weight excluding hydrogens is 362 g/mol. The van der Waals surface area contributed by atoms with E-state index in [1.54, 1.807) is 38.1 Å². The summed E-state index contributed by atoms with van der Waals surface area (Å²) in [7, 11) is 0. The lowest BCUT2D eigenvalue weighted by Crippen LogP contribution is -2.34. The van der Waals surface area contributed by atoms with Crippen molar-refractivity contribution in [2.45, 2.75) is 20.0 Å². The number of imide groups is 1. The summed E-state index contributed by atoms with van der Waals surface area (Å²) in [5, 5.41) is 13.4. The molecule has 0 aromatic heterocycles. The normalized spacial score (nSPS) is 9.93. The van der Waals surface area contributed by atoms with Crippen LogP contribution in [0.15, 0.2) is 48.5 Å². The quantitative estimate of drug-likeness (QED) is 0.743. The molecule has 144 valence electrons. The first-order chi connectivity index (χ1) is 13.4. The number of nitrogens with one attached hydrogen (secondary N) is 2. The molecule has 0 bridgehead atoms. The Morgan fingerprint density at radius 1 is 1.04 bits per heavy atom. The third-order valence-electron chi connectivity index (χ3n) is 3.34. The molecule has 2 aromatic carbocycles. The van der Waals surface area contributed by atoms with Gasteiger partial charge in [-0.3, -0.25) is 10.1 Å². The van der Waals surface area contributed by atoms with E-state index in [0.717, 1.165) is 0 Å². The highest BCUT2D eigenvalue weighted by Crippen LogP contribution is 2.15. The van der Waals surface area contributed by atoms with Crippen molar-refractivity contribution in [3.63, 3.8) is 0 Å². The minimum atomic E-state index is -0.705. The second-order valence-electron chi connectivity index (χ2n) is 5.95. The van der Waals surface area contributed by atoms with E-state index in [2.05, 4.69) is 10.6 Å². The summed E-state index contributed by atoms with van der Waals surface area (Å²) in [6.07, 6.45) is -0.215. The van der Waals surface area contributed by atoms with Crippen LogP contribution in [0.4, 0.5) is 10.5 Å². The summed E-state index contributed by atoms with van der Waals surface area (Å²) in [6, 6.07) is 13.4. The van der Waals surface area contributed by atoms with Crippen LogP contribution in [0.1, 0.15) is 29.8 Å². The molecule has 0 aliphatic rings. The molecule has 8 nitrogen and oxygen atoms in total. The van der Waals surface area contributed by atoms with Crippen molar-refractivity contribution >= 4 is 23.6 Å². The Morgan fingerprint density at radius 2 is 1.68 bits per heavy atom. The van der Waals surface area contributed by atoms with Crippen molar-refractivity contribution in [2.75, 3.05) is 11.9 Å². The Morgan fingerprint density at radius 3 is 2.25 bits per heavy atom. The molecule has 0 saturated heterocycles. The molecule has 0 spiro atoms. The van der Waals surface area contributed by atoms with E-state index in [1.165, 1.54) is 24.3 Å². The van der Waals surface area contributed by atoms with E-state index in [1.807, 2.05) is 6.07 Å². The second-order valence-corrected chi connectivity index (χ2v) is 5.95. The van der Waals surface area contributed by atoms with Gasteiger partial charge in [-0.1, -0.05) is 0 Å². The molecule has 0 aliphatic heterocycles. The smallest absolute Gasteiger partial charge is 0.344 e. The zero-order valence-electron chi connectivity index (χ0n) is 15.4. The first-order valence-electron chi connectivity index (χ1n) is 8.42. The van der Waals surface area contributed by atoms with Crippen LogP contribution in [0.3, 0.4) is 0 Å². The van der Waals surface area contributed by atoms with Gasteiger partial charge in [0.15, 0.2) is 6.61 Å². The Balaban J connectivity index is 1.84. The molecule has 0 heterocycles. The highest BCUT2D eigenvalue weighted by molar-refractivity contribution is 6.07. The number of nitriles is 1. The molecular formula is C20H19N3O5. The molecule has 0 aliphatic carbocycles. The number of amides is 3. The summed E-state index contributed by atoms with van der Waals surface area (Å²) in [6.45, 7) is 3.27. The fraction of sp³-hybridized carbons (Fsp3) is 0.200. The van der Waals surface area contributed by atoms with Crippen LogP contribution >= 0.6 is 0 Å². The second kappa shape index (κ2) is 9.73. The fourth-order valence-electron chi connectivity index (χ4n) is 2.11. The Bertz CT molecular complexity index is 884. The monoisotopic (exact) mass is 381 g/mol. The van der Waals surface area contributed by atoms with Crippen molar-refractivity contribution in [1.82, 2.24) is 5.32 Å². The predicted octanol–water partition coefficient (Wildman–Crippen LogP) is 2.85. The number of anilines is 1. The van der Waals surface area contributed by atoms with Crippen molar-refractivity contribution in [3.05, 3.63) is 59.7 Å². The number of carbonyl (C=O) groups excluding carboxylic acids is 3. The van der Waals surface area contributed by atoms with E-state index in [4.69, 9.17) is 14.7 Å². The van der Waals surface area contributed by atoms with Crippen molar-refractivity contribution < 1.29 is 23.9 Å². The summed E-state index contributed by atoms with van der Waals surface area (Å²) in [5.74, 6) is -0.635. The molecule has 28 heavy (non-hydrogen) atoms. The van der Waals surface area contributed by atoms with Gasteiger partial charge in [-0.15, -0.1) is 0 Å². The SMILES string of the molecule is CC(C)OC(=O)COc1ccc(NC(=O)NC(=O)c2ccc(C#N)cc2)cc1. The average molecular weight is 381 g/mol. The number of rotatable bonds is 6. The van der Waals surface area contributed by atoms with Gasteiger partial charge < -0.3 is 14.8 Å². The Labute approximate surface area is 162 Å². The number of carbonyl (C=O) groups is 3. The van der Waals surface area contributed by atoms with Gasteiger partial charge >= 0.3 is 12.0 Å². The third-order valence-corrected chi connectivity index (χ3v) is 3.34. The number of nitrogens with zero attached hydrogens (tertiary/aromatic N) is 1. The lowest BCUT2D eigenvalue weighted by Gasteiger charge is -2.10. The zero-order valence-corrected chi connectivity index (χ0v) is 15.4. The molecule has 0 radical (unpaired) electrons. The van der Waals surface area contributed by atoms with Crippen LogP contribution < -0.4 is 15.4 Å². The summed E-state index contributed by atoms with van der Waals surface area (Å²) < 4.78 is 10.2. The molecule has 2 N–H and O–H groups in total. The standard InChI is InChI=1S/C20H19N3O5/c1-13(2)28-18(24)12-27-17-9-7-16(8-10-17)22-20(26)23-19(25)15-5-3-14(11-21)4-6-15/h3-10,13H,12H2,1-2H3,(H2,22,23,25,26). The number of hydrogen-bond acceptors (Lipinski definition) is 6. The van der Waals surface area contributed by atoms with Crippen LogP contribution in [0.2, 0.25) is 0 Å². The van der Waals surface area contributed by atoms with Gasteiger partial charge in [0, 0.05) is 11.3 Å². The highest BCUT2D eigenvalue weighted by Gasteiger charge is 2.11. The molecule has 0 fully saturated rings. The van der Waals surface area contributed by atoms with Crippen LogP contribution in [0.5, 0.6) is 5.75 Å². The highest BCUT2D eigenvalue weighted by atomic mass is 16.6. The minimum absolute atomic E-state index is 0.215. The predicted molar refractivity (Wildman–Crippen MR) is 101 cm³/mol. The topological polar surface area (TPSA) is 118 Å². The van der Waals surface area contributed by atoms with E-state index in [0.29, 0.717) is 17.0 Å². The molecule has 3 amide bonds. The average Bonchev–Trinajstić information content (AvgIpc) is 2.67. The number of ether oxygens (including phenoxy) is 2. The van der Waals surface area contributed by atoms with Gasteiger partial charge in [-0.2, -0.15) is 5.26 Å². The number of esters is 1. The zero-order chi connectivity index (χ0) is 20.5. The van der Waals surface area contributed by atoms with Gasteiger partial charge in [0.1, 0.15) is 5.75 Å². The molecule has 0 saturated carbocycles. The number of urea groups is 1. The third kappa shape index (κ3) is 6.46. The van der Waals surface area contributed by atoms with E-state index >= 15 is 0 Å². The van der Waals surface area contributed by atoms with Gasteiger partial charge in [0.2, 0.25) is 0 Å². The van der Waals surface area contributed by atoms with E-state index < -0.39 is 17.9 Å². The van der Waals surface area contributed by atoms with E-state index in [9.17, 15) is 14.4 Å². The first kappa shape index (κ1) is 20.5. The molecule has 8 heteroatoms. The van der Waals surface area contributed by atoms with Crippen LogP contribution in [0, 0.1) is 11.3 Å². The first-order valence-corrected chi connectivity index (χ1v) is 8.42. The van der Waals surface area contributed by atoms with Gasteiger partial charge in [-0.05, 0) is 62.4 Å². The van der Waals surface area contributed by atoms with Crippen LogP contribution in [0.25, 0.3) is 0 Å². The summed E-state index contributed by atoms with van der Waals surface area (Å²) >= 11 is 0.